The fourth-order valence-electron chi connectivity index (χ4n) is 1.44. The summed E-state index contributed by atoms with van der Waals surface area (Å²) in [6.07, 6.45) is 1.65. The van der Waals surface area contributed by atoms with Crippen molar-refractivity contribution in [1.82, 2.24) is 4.98 Å². The van der Waals surface area contributed by atoms with Gasteiger partial charge in [0.05, 0.1) is 20.1 Å². The molecule has 0 radical (unpaired) electrons. The van der Waals surface area contributed by atoms with E-state index in [-0.39, 0.29) is 12.4 Å². The molecular formula is C13H17NO4S. The third-order valence-electron chi connectivity index (χ3n) is 2.25. The second-order valence-electron chi connectivity index (χ2n) is 3.60. The predicted molar refractivity (Wildman–Crippen MR) is 72.3 cm³/mol. The van der Waals surface area contributed by atoms with Gasteiger partial charge in [0, 0.05) is 11.1 Å². The molecule has 0 aliphatic rings. The van der Waals surface area contributed by atoms with Crippen molar-refractivity contribution < 1.29 is 19.1 Å². The van der Waals surface area contributed by atoms with Gasteiger partial charge in [0.1, 0.15) is 0 Å². The molecule has 0 saturated heterocycles. The van der Waals surface area contributed by atoms with Crippen LogP contribution < -0.4 is 0 Å². The number of carbonyl (C=O) groups excluding carboxylic acids is 2. The highest BCUT2D eigenvalue weighted by molar-refractivity contribution is 7.99. The largest absolute Gasteiger partial charge is 0.469 e. The van der Waals surface area contributed by atoms with Gasteiger partial charge in [0.15, 0.2) is 5.69 Å². The lowest BCUT2D eigenvalue weighted by atomic mass is 10.2. The maximum absolute atomic E-state index is 11.7. The van der Waals surface area contributed by atoms with E-state index in [4.69, 9.17) is 4.74 Å². The first kappa shape index (κ1) is 15.5. The van der Waals surface area contributed by atoms with Crippen LogP contribution in [0.4, 0.5) is 0 Å². The molecule has 1 heterocycles. The average Bonchev–Trinajstić information content (AvgIpc) is 2.39. The average molecular weight is 283 g/mol. The molecule has 0 fully saturated rings. The van der Waals surface area contributed by atoms with E-state index in [1.165, 1.54) is 25.1 Å². The molecule has 0 saturated carbocycles. The Labute approximate surface area is 116 Å². The van der Waals surface area contributed by atoms with Gasteiger partial charge in [0.25, 0.3) is 0 Å². The summed E-state index contributed by atoms with van der Waals surface area (Å²) in [7, 11) is 1.34. The number of thioether (sulfide) groups is 1. The zero-order chi connectivity index (χ0) is 14.3. The second-order valence-corrected chi connectivity index (χ2v) is 4.90. The van der Waals surface area contributed by atoms with Gasteiger partial charge in [-0.05, 0) is 24.3 Å². The highest BCUT2D eigenvalue weighted by Crippen LogP contribution is 2.23. The van der Waals surface area contributed by atoms with Crippen molar-refractivity contribution in [3.63, 3.8) is 0 Å². The monoisotopic (exact) mass is 283 g/mol. The molecule has 6 heteroatoms. The fourth-order valence-corrected chi connectivity index (χ4v) is 2.26. The molecule has 0 bridgehead atoms. The van der Waals surface area contributed by atoms with Crippen LogP contribution in [-0.4, -0.2) is 36.4 Å². The molecule has 5 nitrogen and oxygen atoms in total. The van der Waals surface area contributed by atoms with Gasteiger partial charge in [-0.1, -0.05) is 6.92 Å². The van der Waals surface area contributed by atoms with Crippen molar-refractivity contribution in [2.24, 2.45) is 0 Å². The lowest BCUT2D eigenvalue weighted by Gasteiger charge is -2.08. The van der Waals surface area contributed by atoms with Gasteiger partial charge in [-0.15, -0.1) is 11.8 Å². The normalized spacial score (nSPS) is 10.1. The van der Waals surface area contributed by atoms with E-state index in [9.17, 15) is 9.59 Å². The van der Waals surface area contributed by atoms with E-state index in [1.54, 1.807) is 13.0 Å². The Morgan fingerprint density at radius 1 is 1.37 bits per heavy atom. The van der Waals surface area contributed by atoms with Crippen LogP contribution in [0.5, 0.6) is 0 Å². The Balaban J connectivity index is 3.00. The fraction of sp³-hybridized carbons (Fsp3) is 0.462. The lowest BCUT2D eigenvalue weighted by molar-refractivity contribution is -0.139. The quantitative estimate of drug-likeness (QED) is 0.588. The van der Waals surface area contributed by atoms with Crippen molar-refractivity contribution in [3.05, 3.63) is 23.5 Å². The molecule has 0 N–H and O–H groups in total. The van der Waals surface area contributed by atoms with E-state index in [2.05, 4.69) is 9.72 Å². The maximum Gasteiger partial charge on any atom is 0.358 e. The predicted octanol–water partition coefficient (Wildman–Crippen LogP) is 2.09. The van der Waals surface area contributed by atoms with E-state index < -0.39 is 5.97 Å². The van der Waals surface area contributed by atoms with E-state index in [1.807, 2.05) is 6.92 Å². The van der Waals surface area contributed by atoms with Crippen LogP contribution in [0.2, 0.25) is 0 Å². The Morgan fingerprint density at radius 2 is 2.11 bits per heavy atom. The summed E-state index contributed by atoms with van der Waals surface area (Å²) >= 11 is 1.49. The molecule has 0 amide bonds. The van der Waals surface area contributed by atoms with Crippen LogP contribution >= 0.6 is 11.8 Å². The Morgan fingerprint density at radius 3 is 2.68 bits per heavy atom. The number of ether oxygens (including phenoxy) is 2. The first-order valence-electron chi connectivity index (χ1n) is 5.98. The molecule has 0 aliphatic carbocycles. The summed E-state index contributed by atoms with van der Waals surface area (Å²) in [5, 5.41) is 0. The minimum absolute atomic E-state index is 0.143. The molecular weight excluding hydrogens is 266 g/mol. The Kier molecular flexibility index (Phi) is 6.35. The number of pyridine rings is 1. The number of carbonyl (C=O) groups is 2. The van der Waals surface area contributed by atoms with E-state index >= 15 is 0 Å². The molecule has 0 spiro atoms. The highest BCUT2D eigenvalue weighted by Gasteiger charge is 2.16. The number of hydrogen-bond donors (Lipinski definition) is 0. The summed E-state index contributed by atoms with van der Waals surface area (Å²) in [5.74, 6) is 0.0247. The summed E-state index contributed by atoms with van der Waals surface area (Å²) in [6, 6.07) is 1.78. The number of methoxy groups -OCH3 is 1. The van der Waals surface area contributed by atoms with Gasteiger partial charge in [-0.25, -0.2) is 9.78 Å². The van der Waals surface area contributed by atoms with Crippen LogP contribution in [0.3, 0.4) is 0 Å². The van der Waals surface area contributed by atoms with Crippen molar-refractivity contribution in [2.75, 3.05) is 19.5 Å². The summed E-state index contributed by atoms with van der Waals surface area (Å²) in [5.41, 5.74) is 1.01. The van der Waals surface area contributed by atoms with Crippen LogP contribution in [0, 0.1) is 0 Å². The molecule has 0 unspecified atom stereocenters. The number of esters is 2. The number of rotatable bonds is 6. The first-order chi connectivity index (χ1) is 9.12. The van der Waals surface area contributed by atoms with Crippen LogP contribution in [0.15, 0.2) is 17.2 Å². The molecule has 19 heavy (non-hydrogen) atoms. The lowest BCUT2D eigenvalue weighted by Crippen LogP contribution is -2.11. The van der Waals surface area contributed by atoms with E-state index in [0.29, 0.717) is 12.3 Å². The summed E-state index contributed by atoms with van der Waals surface area (Å²) in [4.78, 5) is 27.8. The smallest absolute Gasteiger partial charge is 0.358 e. The summed E-state index contributed by atoms with van der Waals surface area (Å²) < 4.78 is 9.56. The molecule has 1 aromatic heterocycles. The zero-order valence-electron chi connectivity index (χ0n) is 11.3. The summed E-state index contributed by atoms with van der Waals surface area (Å²) in [6.45, 7) is 4.03. The molecule has 1 aromatic rings. The van der Waals surface area contributed by atoms with E-state index in [0.717, 1.165) is 16.2 Å². The topological polar surface area (TPSA) is 65.5 Å². The molecule has 0 aromatic carbocycles. The van der Waals surface area contributed by atoms with Gasteiger partial charge >= 0.3 is 11.9 Å². The van der Waals surface area contributed by atoms with Gasteiger partial charge in [-0.3, -0.25) is 4.79 Å². The van der Waals surface area contributed by atoms with Gasteiger partial charge in [0.2, 0.25) is 0 Å². The maximum atomic E-state index is 11.7. The van der Waals surface area contributed by atoms with Gasteiger partial charge in [-0.2, -0.15) is 0 Å². The van der Waals surface area contributed by atoms with Crippen molar-refractivity contribution in [3.8, 4) is 0 Å². The van der Waals surface area contributed by atoms with Crippen molar-refractivity contribution in [2.45, 2.75) is 25.2 Å². The molecule has 1 rings (SSSR count). The first-order valence-corrected chi connectivity index (χ1v) is 6.96. The second kappa shape index (κ2) is 7.78. The molecule has 0 atom stereocenters. The van der Waals surface area contributed by atoms with Crippen LogP contribution in [-0.2, 0) is 20.7 Å². The van der Waals surface area contributed by atoms with Crippen LogP contribution in [0.1, 0.15) is 29.9 Å². The van der Waals surface area contributed by atoms with Gasteiger partial charge < -0.3 is 9.47 Å². The minimum Gasteiger partial charge on any atom is -0.469 e. The Bertz CT molecular complexity index is 462. The van der Waals surface area contributed by atoms with Crippen molar-refractivity contribution in [1.29, 1.82) is 0 Å². The van der Waals surface area contributed by atoms with Crippen LogP contribution in [0.25, 0.3) is 0 Å². The number of aromatic nitrogens is 1. The SMILES string of the molecule is CCOC(=O)c1ncc(CC(=O)OC)cc1SCC. The number of nitrogens with zero attached hydrogens (tertiary/aromatic N) is 1. The highest BCUT2D eigenvalue weighted by atomic mass is 32.2. The third-order valence-corrected chi connectivity index (χ3v) is 3.16. The molecule has 104 valence electrons. The third kappa shape index (κ3) is 4.55. The van der Waals surface area contributed by atoms with Crippen molar-refractivity contribution >= 4 is 23.7 Å². The standard InChI is InChI=1S/C13H17NO4S/c1-4-18-13(16)12-10(19-5-2)6-9(8-14-12)7-11(15)17-3/h6,8H,4-5,7H2,1-3H3. The zero-order valence-corrected chi connectivity index (χ0v) is 12.1. The number of hydrogen-bond acceptors (Lipinski definition) is 6. The molecule has 0 aliphatic heterocycles. The Hall–Kier alpha value is -1.56. The minimum atomic E-state index is -0.442.